The minimum atomic E-state index is -4.25. The van der Waals surface area contributed by atoms with Crippen LogP contribution in [-0.4, -0.2) is 48.3 Å². The second-order valence-electron chi connectivity index (χ2n) is 7.41. The highest BCUT2D eigenvalue weighted by Crippen LogP contribution is 2.34. The molecular formula is C24H23FN2O7S. The molecule has 184 valence electrons. The number of hydrogen-bond acceptors (Lipinski definition) is 7. The van der Waals surface area contributed by atoms with Crippen LogP contribution in [-0.2, 0) is 14.8 Å². The summed E-state index contributed by atoms with van der Waals surface area (Å²) in [5.74, 6) is 0.378. The Kier molecular flexibility index (Phi) is 6.97. The third-order valence-electron chi connectivity index (χ3n) is 5.19. The van der Waals surface area contributed by atoms with Crippen LogP contribution in [0.1, 0.15) is 0 Å². The van der Waals surface area contributed by atoms with E-state index in [2.05, 4.69) is 5.32 Å². The lowest BCUT2D eigenvalue weighted by atomic mass is 10.2. The van der Waals surface area contributed by atoms with Crippen molar-refractivity contribution in [2.45, 2.75) is 4.90 Å². The Morgan fingerprint density at radius 1 is 0.971 bits per heavy atom. The highest BCUT2D eigenvalue weighted by Gasteiger charge is 2.29. The molecule has 11 heteroatoms. The van der Waals surface area contributed by atoms with E-state index in [4.69, 9.17) is 18.9 Å². The van der Waals surface area contributed by atoms with Gasteiger partial charge in [-0.2, -0.15) is 0 Å². The largest absolute Gasteiger partial charge is 0.497 e. The van der Waals surface area contributed by atoms with Gasteiger partial charge < -0.3 is 24.3 Å². The number of rotatable bonds is 8. The van der Waals surface area contributed by atoms with E-state index < -0.39 is 28.3 Å². The number of nitrogens with zero attached hydrogens (tertiary/aromatic N) is 1. The smallest absolute Gasteiger partial charge is 0.264 e. The Morgan fingerprint density at radius 2 is 1.69 bits per heavy atom. The van der Waals surface area contributed by atoms with Gasteiger partial charge in [0.1, 0.15) is 37.1 Å². The summed E-state index contributed by atoms with van der Waals surface area (Å²) in [6, 6.07) is 13.8. The van der Waals surface area contributed by atoms with E-state index in [1.54, 1.807) is 18.2 Å². The average Bonchev–Trinajstić information content (AvgIpc) is 2.87. The summed E-state index contributed by atoms with van der Waals surface area (Å²) < 4.78 is 63.1. The molecule has 0 unspecified atom stereocenters. The zero-order chi connectivity index (χ0) is 25.0. The van der Waals surface area contributed by atoms with Crippen molar-refractivity contribution in [3.05, 3.63) is 66.5 Å². The van der Waals surface area contributed by atoms with Crippen LogP contribution in [0.4, 0.5) is 15.8 Å². The number of carbonyl (C=O) groups is 1. The molecule has 0 atom stereocenters. The van der Waals surface area contributed by atoms with Gasteiger partial charge in [0.15, 0.2) is 11.5 Å². The van der Waals surface area contributed by atoms with Crippen molar-refractivity contribution in [1.82, 2.24) is 0 Å². The van der Waals surface area contributed by atoms with E-state index in [1.165, 1.54) is 44.6 Å². The molecule has 3 aromatic carbocycles. The molecule has 1 aliphatic rings. The summed E-state index contributed by atoms with van der Waals surface area (Å²) in [5.41, 5.74) is 0.437. The number of ether oxygens (including phenoxy) is 4. The first-order valence-electron chi connectivity index (χ1n) is 10.5. The van der Waals surface area contributed by atoms with Crippen molar-refractivity contribution in [3.8, 4) is 23.0 Å². The van der Waals surface area contributed by atoms with Gasteiger partial charge in [0.05, 0.1) is 30.5 Å². The first kappa shape index (κ1) is 24.1. The predicted molar refractivity (Wildman–Crippen MR) is 127 cm³/mol. The molecule has 1 N–H and O–H groups in total. The van der Waals surface area contributed by atoms with Gasteiger partial charge in [-0.3, -0.25) is 9.10 Å². The Hall–Kier alpha value is -3.99. The number of fused-ring (bicyclic) bond motifs is 1. The molecule has 0 saturated heterocycles. The zero-order valence-corrected chi connectivity index (χ0v) is 19.8. The number of hydrogen-bond donors (Lipinski definition) is 1. The fourth-order valence-corrected chi connectivity index (χ4v) is 4.89. The molecule has 1 aliphatic heterocycles. The van der Waals surface area contributed by atoms with Crippen LogP contribution in [0, 0.1) is 5.82 Å². The van der Waals surface area contributed by atoms with Crippen LogP contribution in [0.2, 0.25) is 0 Å². The Balaban J connectivity index is 1.66. The third-order valence-corrected chi connectivity index (χ3v) is 6.96. The maximum absolute atomic E-state index is 13.6. The topological polar surface area (TPSA) is 103 Å². The lowest BCUT2D eigenvalue weighted by Crippen LogP contribution is -2.38. The summed E-state index contributed by atoms with van der Waals surface area (Å²) in [6.07, 6.45) is 0. The van der Waals surface area contributed by atoms with Crippen molar-refractivity contribution >= 4 is 27.3 Å². The Bertz CT molecular complexity index is 1330. The molecular weight excluding hydrogens is 479 g/mol. The van der Waals surface area contributed by atoms with E-state index in [0.29, 0.717) is 29.5 Å². The number of sulfonamides is 1. The monoisotopic (exact) mass is 502 g/mol. The molecule has 0 saturated carbocycles. The molecule has 1 heterocycles. The second-order valence-corrected chi connectivity index (χ2v) is 9.27. The van der Waals surface area contributed by atoms with Gasteiger partial charge in [-0.25, -0.2) is 12.8 Å². The maximum atomic E-state index is 13.6. The maximum Gasteiger partial charge on any atom is 0.264 e. The molecule has 0 fully saturated rings. The number of benzene rings is 3. The zero-order valence-electron chi connectivity index (χ0n) is 19.0. The van der Waals surface area contributed by atoms with Crippen molar-refractivity contribution in [1.29, 1.82) is 0 Å². The lowest BCUT2D eigenvalue weighted by Gasteiger charge is -2.25. The lowest BCUT2D eigenvalue weighted by molar-refractivity contribution is -0.114. The minimum absolute atomic E-state index is 0.109. The van der Waals surface area contributed by atoms with E-state index in [0.717, 1.165) is 16.4 Å². The third kappa shape index (κ3) is 5.24. The van der Waals surface area contributed by atoms with Crippen molar-refractivity contribution < 1.29 is 36.6 Å². The fourth-order valence-electron chi connectivity index (χ4n) is 3.46. The first-order chi connectivity index (χ1) is 16.8. The van der Waals surface area contributed by atoms with Crippen molar-refractivity contribution in [2.75, 3.05) is 43.6 Å². The van der Waals surface area contributed by atoms with Gasteiger partial charge in [-0.05, 0) is 48.5 Å². The van der Waals surface area contributed by atoms with Gasteiger partial charge in [0, 0.05) is 12.1 Å². The quantitative estimate of drug-likeness (QED) is 0.503. The Labute approximate surface area is 202 Å². The number of methoxy groups -OCH3 is 2. The molecule has 0 bridgehead atoms. The van der Waals surface area contributed by atoms with E-state index in [9.17, 15) is 17.6 Å². The number of anilines is 2. The summed E-state index contributed by atoms with van der Waals surface area (Å²) in [4.78, 5) is 12.9. The molecule has 35 heavy (non-hydrogen) atoms. The molecule has 4 rings (SSSR count). The fraction of sp³-hybridized carbons (Fsp3) is 0.208. The molecule has 0 aliphatic carbocycles. The summed E-state index contributed by atoms with van der Waals surface area (Å²) in [7, 11) is -1.32. The predicted octanol–water partition coefficient (Wildman–Crippen LogP) is 3.45. The number of halogens is 1. The van der Waals surface area contributed by atoms with Crippen LogP contribution < -0.4 is 28.6 Å². The van der Waals surface area contributed by atoms with E-state index >= 15 is 0 Å². The van der Waals surface area contributed by atoms with E-state index in [-0.39, 0.29) is 22.9 Å². The molecule has 9 nitrogen and oxygen atoms in total. The van der Waals surface area contributed by atoms with E-state index in [1.807, 2.05) is 0 Å². The Morgan fingerprint density at radius 3 is 2.37 bits per heavy atom. The molecule has 1 amide bonds. The summed E-state index contributed by atoms with van der Waals surface area (Å²) in [5, 5.41) is 2.65. The van der Waals surface area contributed by atoms with Crippen LogP contribution in [0.5, 0.6) is 23.0 Å². The number of carbonyl (C=O) groups excluding carboxylic acids is 1. The van der Waals surface area contributed by atoms with Crippen LogP contribution in [0.25, 0.3) is 0 Å². The number of amides is 1. The van der Waals surface area contributed by atoms with Crippen molar-refractivity contribution in [3.63, 3.8) is 0 Å². The van der Waals surface area contributed by atoms with Crippen LogP contribution in [0.3, 0.4) is 0 Å². The normalized spacial score (nSPS) is 12.5. The second kappa shape index (κ2) is 10.1. The van der Waals surface area contributed by atoms with Gasteiger partial charge >= 0.3 is 0 Å². The highest BCUT2D eigenvalue weighted by atomic mass is 32.2. The van der Waals surface area contributed by atoms with Gasteiger partial charge in [-0.1, -0.05) is 0 Å². The molecule has 0 radical (unpaired) electrons. The standard InChI is InChI=1S/C24H23FN2O7S/c1-31-18-7-9-20(22(13-18)32-2)26-24(28)15-27(17-5-3-16(25)4-6-17)35(29,30)19-8-10-21-23(14-19)34-12-11-33-21/h3-10,13-14H,11-12,15H2,1-2H3,(H,26,28). The molecule has 3 aromatic rings. The van der Waals surface area contributed by atoms with Crippen LogP contribution in [0.15, 0.2) is 65.6 Å². The van der Waals surface area contributed by atoms with Gasteiger partial charge in [-0.15, -0.1) is 0 Å². The van der Waals surface area contributed by atoms with Gasteiger partial charge in [0.25, 0.3) is 10.0 Å². The average molecular weight is 503 g/mol. The molecule has 0 spiro atoms. The highest BCUT2D eigenvalue weighted by molar-refractivity contribution is 7.92. The van der Waals surface area contributed by atoms with Gasteiger partial charge in [0.2, 0.25) is 5.91 Å². The van der Waals surface area contributed by atoms with Crippen molar-refractivity contribution in [2.24, 2.45) is 0 Å². The summed E-state index contributed by atoms with van der Waals surface area (Å²) in [6.45, 7) is 0.0532. The first-order valence-corrected chi connectivity index (χ1v) is 12.0. The molecule has 0 aromatic heterocycles. The summed E-state index contributed by atoms with van der Waals surface area (Å²) >= 11 is 0. The SMILES string of the molecule is COc1ccc(NC(=O)CN(c2ccc(F)cc2)S(=O)(=O)c2ccc3c(c2)OCCO3)c(OC)c1. The number of nitrogens with one attached hydrogen (secondary N) is 1. The van der Waals surface area contributed by atoms with Crippen LogP contribution >= 0.6 is 0 Å². The minimum Gasteiger partial charge on any atom is -0.497 e.